The number of nitrogens with zero attached hydrogens (tertiary/aromatic N) is 3. The minimum atomic E-state index is 0.0245. The molecule has 0 saturated carbocycles. The molecule has 1 aliphatic rings. The fraction of sp³-hybridized carbons (Fsp3) is 0.280. The Bertz CT molecular complexity index is 987. The van der Waals surface area contributed by atoms with Crippen LogP contribution in [0.2, 0.25) is 0 Å². The largest absolute Gasteiger partial charge is 0.493 e. The molecular formula is C25H27N3O3. The van der Waals surface area contributed by atoms with Gasteiger partial charge in [0.1, 0.15) is 6.61 Å². The molecule has 0 N–H and O–H groups in total. The summed E-state index contributed by atoms with van der Waals surface area (Å²) in [6, 6.07) is 19.4. The predicted octanol–water partition coefficient (Wildman–Crippen LogP) is 3.63. The summed E-state index contributed by atoms with van der Waals surface area (Å²) in [5.41, 5.74) is 2.94. The first kappa shape index (κ1) is 20.9. The molecule has 0 spiro atoms. The normalized spacial score (nSPS) is 14.3. The van der Waals surface area contributed by atoms with Crippen LogP contribution in [0.1, 0.15) is 21.5 Å². The highest BCUT2D eigenvalue weighted by molar-refractivity contribution is 5.95. The minimum absolute atomic E-state index is 0.0245. The molecule has 0 bridgehead atoms. The summed E-state index contributed by atoms with van der Waals surface area (Å²) in [4.78, 5) is 21.4. The van der Waals surface area contributed by atoms with E-state index in [4.69, 9.17) is 9.47 Å². The minimum Gasteiger partial charge on any atom is -0.493 e. The van der Waals surface area contributed by atoms with Crippen molar-refractivity contribution < 1.29 is 14.3 Å². The van der Waals surface area contributed by atoms with Gasteiger partial charge in [-0.25, -0.2) is 0 Å². The van der Waals surface area contributed by atoms with Gasteiger partial charge in [-0.05, 0) is 41.5 Å². The second-order valence-corrected chi connectivity index (χ2v) is 7.56. The van der Waals surface area contributed by atoms with E-state index in [1.54, 1.807) is 13.2 Å². The molecule has 1 saturated heterocycles. The Morgan fingerprint density at radius 1 is 0.903 bits per heavy atom. The molecule has 1 fully saturated rings. The van der Waals surface area contributed by atoms with Gasteiger partial charge in [-0.1, -0.05) is 30.3 Å². The molecule has 0 unspecified atom stereocenters. The molecule has 0 radical (unpaired) electrons. The van der Waals surface area contributed by atoms with Crippen LogP contribution in [0.15, 0.2) is 73.1 Å². The number of pyridine rings is 1. The van der Waals surface area contributed by atoms with Crippen LogP contribution in [0, 0.1) is 0 Å². The molecule has 6 nitrogen and oxygen atoms in total. The summed E-state index contributed by atoms with van der Waals surface area (Å²) >= 11 is 0. The lowest BCUT2D eigenvalue weighted by molar-refractivity contribution is 0.0628. The summed E-state index contributed by atoms with van der Waals surface area (Å²) in [6.07, 6.45) is 3.63. The van der Waals surface area contributed by atoms with Crippen LogP contribution in [0.4, 0.5) is 0 Å². The number of hydrogen-bond donors (Lipinski definition) is 0. The van der Waals surface area contributed by atoms with Crippen molar-refractivity contribution in [2.24, 2.45) is 0 Å². The van der Waals surface area contributed by atoms with Crippen LogP contribution in [0.3, 0.4) is 0 Å². The molecule has 0 aliphatic carbocycles. The molecule has 160 valence electrons. The van der Waals surface area contributed by atoms with Crippen LogP contribution in [0.5, 0.6) is 11.5 Å². The SMILES string of the molecule is COc1cc(C(=O)N2CCN(Cc3ccncc3)CC2)ccc1OCc1ccccc1. The number of hydrogen-bond acceptors (Lipinski definition) is 5. The molecule has 31 heavy (non-hydrogen) atoms. The van der Waals surface area contributed by atoms with Gasteiger partial charge in [0.05, 0.1) is 7.11 Å². The summed E-state index contributed by atoms with van der Waals surface area (Å²) in [7, 11) is 1.59. The van der Waals surface area contributed by atoms with Crippen LogP contribution in [-0.2, 0) is 13.2 Å². The Morgan fingerprint density at radius 2 is 1.65 bits per heavy atom. The maximum absolute atomic E-state index is 13.0. The van der Waals surface area contributed by atoms with Gasteiger partial charge in [-0.3, -0.25) is 14.7 Å². The summed E-state index contributed by atoms with van der Waals surface area (Å²) in [5.74, 6) is 1.22. The first-order valence-electron chi connectivity index (χ1n) is 10.5. The number of aromatic nitrogens is 1. The van der Waals surface area contributed by atoms with Crippen molar-refractivity contribution in [3.8, 4) is 11.5 Å². The van der Waals surface area contributed by atoms with Gasteiger partial charge in [-0.15, -0.1) is 0 Å². The zero-order chi connectivity index (χ0) is 21.5. The summed E-state index contributed by atoms with van der Waals surface area (Å²) < 4.78 is 11.4. The summed E-state index contributed by atoms with van der Waals surface area (Å²) in [5, 5.41) is 0. The third-order valence-electron chi connectivity index (χ3n) is 5.46. The second-order valence-electron chi connectivity index (χ2n) is 7.56. The van der Waals surface area contributed by atoms with E-state index in [2.05, 4.69) is 9.88 Å². The van der Waals surface area contributed by atoms with Crippen molar-refractivity contribution in [1.29, 1.82) is 0 Å². The Hall–Kier alpha value is -3.38. The highest BCUT2D eigenvalue weighted by Crippen LogP contribution is 2.29. The van der Waals surface area contributed by atoms with E-state index in [9.17, 15) is 4.79 Å². The Labute approximate surface area is 183 Å². The number of rotatable bonds is 7. The molecular weight excluding hydrogens is 390 g/mol. The van der Waals surface area contributed by atoms with Crippen molar-refractivity contribution in [2.75, 3.05) is 33.3 Å². The number of benzene rings is 2. The number of amides is 1. The second kappa shape index (κ2) is 10.1. The maximum atomic E-state index is 13.0. The lowest BCUT2D eigenvalue weighted by Crippen LogP contribution is -2.48. The fourth-order valence-electron chi connectivity index (χ4n) is 3.69. The molecule has 0 atom stereocenters. The molecule has 2 heterocycles. The van der Waals surface area contributed by atoms with E-state index in [-0.39, 0.29) is 5.91 Å². The lowest BCUT2D eigenvalue weighted by Gasteiger charge is -2.34. The topological polar surface area (TPSA) is 54.9 Å². The van der Waals surface area contributed by atoms with Gasteiger partial charge in [0.2, 0.25) is 0 Å². The number of piperazine rings is 1. The van der Waals surface area contributed by atoms with Crippen molar-refractivity contribution in [2.45, 2.75) is 13.2 Å². The van der Waals surface area contributed by atoms with Gasteiger partial charge in [-0.2, -0.15) is 0 Å². The Morgan fingerprint density at radius 3 is 2.35 bits per heavy atom. The first-order chi connectivity index (χ1) is 15.2. The molecule has 1 aromatic heterocycles. The average molecular weight is 418 g/mol. The number of carbonyl (C=O) groups excluding carboxylic acids is 1. The van der Waals surface area contributed by atoms with Crippen LogP contribution in [-0.4, -0.2) is 54.0 Å². The van der Waals surface area contributed by atoms with E-state index in [0.717, 1.165) is 25.2 Å². The van der Waals surface area contributed by atoms with Crippen molar-refractivity contribution in [1.82, 2.24) is 14.8 Å². The fourth-order valence-corrected chi connectivity index (χ4v) is 3.69. The van der Waals surface area contributed by atoms with E-state index >= 15 is 0 Å². The predicted molar refractivity (Wildman–Crippen MR) is 119 cm³/mol. The average Bonchev–Trinajstić information content (AvgIpc) is 2.84. The third kappa shape index (κ3) is 5.41. The van der Waals surface area contributed by atoms with Crippen LogP contribution >= 0.6 is 0 Å². The molecule has 3 aromatic rings. The van der Waals surface area contributed by atoms with Gasteiger partial charge in [0, 0.05) is 50.7 Å². The Balaban J connectivity index is 1.35. The van der Waals surface area contributed by atoms with Crippen LogP contribution < -0.4 is 9.47 Å². The van der Waals surface area contributed by atoms with Gasteiger partial charge < -0.3 is 14.4 Å². The van der Waals surface area contributed by atoms with Crippen molar-refractivity contribution in [3.63, 3.8) is 0 Å². The number of methoxy groups -OCH3 is 1. The van der Waals surface area contributed by atoms with Crippen LogP contribution in [0.25, 0.3) is 0 Å². The number of carbonyl (C=O) groups is 1. The quantitative estimate of drug-likeness (QED) is 0.588. The maximum Gasteiger partial charge on any atom is 0.254 e. The zero-order valence-electron chi connectivity index (χ0n) is 17.7. The van der Waals surface area contributed by atoms with Gasteiger partial charge >= 0.3 is 0 Å². The lowest BCUT2D eigenvalue weighted by atomic mass is 10.1. The van der Waals surface area contributed by atoms with E-state index in [1.807, 2.05) is 71.9 Å². The monoisotopic (exact) mass is 417 g/mol. The van der Waals surface area contributed by atoms with Crippen molar-refractivity contribution >= 4 is 5.91 Å². The Kier molecular flexibility index (Phi) is 6.79. The van der Waals surface area contributed by atoms with Gasteiger partial charge in [0.15, 0.2) is 11.5 Å². The molecule has 2 aromatic carbocycles. The molecule has 6 heteroatoms. The van der Waals surface area contributed by atoms with E-state index in [0.29, 0.717) is 36.8 Å². The molecule has 4 rings (SSSR count). The number of ether oxygens (including phenoxy) is 2. The summed E-state index contributed by atoms with van der Waals surface area (Å²) in [6.45, 7) is 4.44. The van der Waals surface area contributed by atoms with E-state index in [1.165, 1.54) is 5.56 Å². The van der Waals surface area contributed by atoms with E-state index < -0.39 is 0 Å². The standard InChI is InChI=1S/C25H27N3O3/c1-30-24-17-22(7-8-23(24)31-19-21-5-3-2-4-6-21)25(29)28-15-13-27(14-16-28)18-20-9-11-26-12-10-20/h2-12,17H,13-16,18-19H2,1H3. The molecule has 1 amide bonds. The smallest absolute Gasteiger partial charge is 0.254 e. The third-order valence-corrected chi connectivity index (χ3v) is 5.46. The van der Waals surface area contributed by atoms with Crippen molar-refractivity contribution in [3.05, 3.63) is 89.7 Å². The highest BCUT2D eigenvalue weighted by atomic mass is 16.5. The first-order valence-corrected chi connectivity index (χ1v) is 10.5. The highest BCUT2D eigenvalue weighted by Gasteiger charge is 2.23. The zero-order valence-corrected chi connectivity index (χ0v) is 17.7. The molecule has 1 aliphatic heterocycles. The van der Waals surface area contributed by atoms with Gasteiger partial charge in [0.25, 0.3) is 5.91 Å².